The van der Waals surface area contributed by atoms with E-state index in [1.54, 1.807) is 60.7 Å². The van der Waals surface area contributed by atoms with Crippen LogP contribution < -0.4 is 4.90 Å². The van der Waals surface area contributed by atoms with Crippen LogP contribution in [0.3, 0.4) is 0 Å². The van der Waals surface area contributed by atoms with E-state index in [4.69, 9.17) is 0 Å². The van der Waals surface area contributed by atoms with E-state index in [0.717, 1.165) is 4.47 Å². The molecule has 6 heteroatoms. The first kappa shape index (κ1) is 19.0. The van der Waals surface area contributed by atoms with Crippen LogP contribution in [0.1, 0.15) is 17.2 Å². The van der Waals surface area contributed by atoms with Crippen molar-refractivity contribution < 1.29 is 19.8 Å². The third kappa shape index (κ3) is 3.43. The maximum atomic E-state index is 13.0. The fourth-order valence-corrected chi connectivity index (χ4v) is 3.69. The van der Waals surface area contributed by atoms with Gasteiger partial charge in [-0.15, -0.1) is 0 Å². The SMILES string of the molecule is O=C1C(=O)N(c2ccccc2)C(c2ccc(O)cc2)/C1=C(/O)c1ccc(Br)cc1. The number of aliphatic hydroxyl groups excluding tert-OH is 1. The zero-order chi connectivity index (χ0) is 20.5. The van der Waals surface area contributed by atoms with Crippen LogP contribution in [0.4, 0.5) is 5.69 Å². The molecule has 3 aromatic rings. The lowest BCUT2D eigenvalue weighted by Gasteiger charge is -2.25. The number of para-hydroxylation sites is 1. The summed E-state index contributed by atoms with van der Waals surface area (Å²) in [5, 5.41) is 20.6. The quantitative estimate of drug-likeness (QED) is 0.342. The molecule has 0 aromatic heterocycles. The molecule has 144 valence electrons. The van der Waals surface area contributed by atoms with Gasteiger partial charge in [-0.2, -0.15) is 0 Å². The fraction of sp³-hybridized carbons (Fsp3) is 0.0435. The van der Waals surface area contributed by atoms with Crippen LogP contribution in [0.25, 0.3) is 5.76 Å². The molecule has 1 amide bonds. The predicted octanol–water partition coefficient (Wildman–Crippen LogP) is 4.78. The zero-order valence-electron chi connectivity index (χ0n) is 15.1. The van der Waals surface area contributed by atoms with Gasteiger partial charge in [0.2, 0.25) is 0 Å². The lowest BCUT2D eigenvalue weighted by Crippen LogP contribution is -2.29. The second-order valence-corrected chi connectivity index (χ2v) is 7.52. The molecule has 1 aliphatic rings. The summed E-state index contributed by atoms with van der Waals surface area (Å²) in [6, 6.07) is 21.1. The molecule has 1 atom stereocenters. The summed E-state index contributed by atoms with van der Waals surface area (Å²) < 4.78 is 0.828. The Balaban J connectivity index is 1.94. The molecule has 0 saturated carbocycles. The summed E-state index contributed by atoms with van der Waals surface area (Å²) in [6.45, 7) is 0. The van der Waals surface area contributed by atoms with E-state index < -0.39 is 17.7 Å². The number of amides is 1. The van der Waals surface area contributed by atoms with E-state index in [0.29, 0.717) is 16.8 Å². The first-order valence-electron chi connectivity index (χ1n) is 8.88. The minimum absolute atomic E-state index is 0.00636. The number of nitrogens with zero attached hydrogens (tertiary/aromatic N) is 1. The minimum atomic E-state index is -0.818. The Hall–Kier alpha value is -3.38. The van der Waals surface area contributed by atoms with Crippen LogP contribution in [-0.2, 0) is 9.59 Å². The van der Waals surface area contributed by atoms with Gasteiger partial charge in [0.25, 0.3) is 11.7 Å². The van der Waals surface area contributed by atoms with Gasteiger partial charge in [-0.1, -0.05) is 58.4 Å². The second kappa shape index (κ2) is 7.56. The molecule has 4 rings (SSSR count). The highest BCUT2D eigenvalue weighted by Gasteiger charge is 2.46. The predicted molar refractivity (Wildman–Crippen MR) is 113 cm³/mol. The molecule has 1 unspecified atom stereocenters. The number of Topliss-reactive ketones (excluding diaryl/α,β-unsaturated/α-hetero) is 1. The van der Waals surface area contributed by atoms with E-state index >= 15 is 0 Å². The summed E-state index contributed by atoms with van der Waals surface area (Å²) in [5.41, 5.74) is 1.59. The average molecular weight is 450 g/mol. The van der Waals surface area contributed by atoms with Crippen LogP contribution >= 0.6 is 15.9 Å². The summed E-state index contributed by atoms with van der Waals surface area (Å²) in [6.07, 6.45) is 0. The monoisotopic (exact) mass is 449 g/mol. The van der Waals surface area contributed by atoms with E-state index in [9.17, 15) is 19.8 Å². The number of halogens is 1. The lowest BCUT2D eigenvalue weighted by atomic mass is 9.95. The summed E-state index contributed by atoms with van der Waals surface area (Å²) >= 11 is 3.34. The fourth-order valence-electron chi connectivity index (χ4n) is 3.42. The van der Waals surface area contributed by atoms with Gasteiger partial charge in [0.15, 0.2) is 0 Å². The zero-order valence-corrected chi connectivity index (χ0v) is 16.7. The molecule has 2 N–H and O–H groups in total. The molecule has 1 fully saturated rings. The Labute approximate surface area is 175 Å². The Morgan fingerprint density at radius 3 is 2.10 bits per heavy atom. The van der Waals surface area contributed by atoms with Crippen molar-refractivity contribution in [3.8, 4) is 5.75 Å². The van der Waals surface area contributed by atoms with Gasteiger partial charge >= 0.3 is 0 Å². The number of benzene rings is 3. The molecule has 5 nitrogen and oxygen atoms in total. The third-order valence-electron chi connectivity index (χ3n) is 4.81. The topological polar surface area (TPSA) is 77.8 Å². The molecule has 3 aromatic carbocycles. The van der Waals surface area contributed by atoms with Crippen LogP contribution in [0.2, 0.25) is 0 Å². The van der Waals surface area contributed by atoms with Gasteiger partial charge in [0.05, 0.1) is 11.6 Å². The molecule has 0 radical (unpaired) electrons. The maximum Gasteiger partial charge on any atom is 0.300 e. The van der Waals surface area contributed by atoms with Crippen molar-refractivity contribution in [1.29, 1.82) is 0 Å². The van der Waals surface area contributed by atoms with Crippen molar-refractivity contribution in [2.24, 2.45) is 0 Å². The number of ketones is 1. The van der Waals surface area contributed by atoms with Crippen molar-refractivity contribution in [2.75, 3.05) is 4.90 Å². The Bertz CT molecular complexity index is 1110. The minimum Gasteiger partial charge on any atom is -0.508 e. The normalized spacial score (nSPS) is 18.2. The van der Waals surface area contributed by atoms with Crippen molar-refractivity contribution in [3.63, 3.8) is 0 Å². The third-order valence-corrected chi connectivity index (χ3v) is 5.33. The number of carbonyl (C=O) groups is 2. The molecular formula is C23H16BrNO4. The number of phenolic OH excluding ortho intramolecular Hbond substituents is 1. The Kier molecular flexibility index (Phi) is 4.94. The van der Waals surface area contributed by atoms with Gasteiger partial charge < -0.3 is 10.2 Å². The van der Waals surface area contributed by atoms with E-state index in [-0.39, 0.29) is 17.1 Å². The number of aromatic hydroxyl groups is 1. The van der Waals surface area contributed by atoms with Gasteiger partial charge in [0.1, 0.15) is 11.5 Å². The lowest BCUT2D eigenvalue weighted by molar-refractivity contribution is -0.132. The highest BCUT2D eigenvalue weighted by Crippen LogP contribution is 2.42. The first-order valence-corrected chi connectivity index (χ1v) is 9.67. The van der Waals surface area contributed by atoms with E-state index in [2.05, 4.69) is 15.9 Å². The molecule has 0 aliphatic carbocycles. The number of rotatable bonds is 3. The van der Waals surface area contributed by atoms with E-state index in [1.165, 1.54) is 17.0 Å². The van der Waals surface area contributed by atoms with Crippen molar-refractivity contribution >= 4 is 39.1 Å². The van der Waals surface area contributed by atoms with E-state index in [1.807, 2.05) is 6.07 Å². The van der Waals surface area contributed by atoms with Crippen molar-refractivity contribution in [1.82, 2.24) is 0 Å². The summed E-state index contributed by atoms with van der Waals surface area (Å²) in [7, 11) is 0. The largest absolute Gasteiger partial charge is 0.508 e. The standard InChI is InChI=1S/C23H16BrNO4/c24-16-10-6-15(7-11-16)21(27)19-20(14-8-12-18(26)13-9-14)25(23(29)22(19)28)17-4-2-1-3-5-17/h1-13,20,26-27H/b21-19-. The number of aliphatic hydroxyl groups is 1. The number of phenols is 1. The van der Waals surface area contributed by atoms with Crippen LogP contribution in [0, 0.1) is 0 Å². The summed E-state index contributed by atoms with van der Waals surface area (Å²) in [5.74, 6) is -1.65. The van der Waals surface area contributed by atoms with Gasteiger partial charge in [-0.25, -0.2) is 0 Å². The molecule has 1 heterocycles. The van der Waals surface area contributed by atoms with Crippen LogP contribution in [0.15, 0.2) is 88.9 Å². The maximum absolute atomic E-state index is 13.0. The van der Waals surface area contributed by atoms with Crippen molar-refractivity contribution in [2.45, 2.75) is 6.04 Å². The van der Waals surface area contributed by atoms with Crippen molar-refractivity contribution in [3.05, 3.63) is 100 Å². The number of anilines is 1. The molecule has 0 spiro atoms. The van der Waals surface area contributed by atoms with Gasteiger partial charge in [-0.3, -0.25) is 14.5 Å². The number of hydrogen-bond donors (Lipinski definition) is 2. The highest BCUT2D eigenvalue weighted by molar-refractivity contribution is 9.10. The Morgan fingerprint density at radius 2 is 1.48 bits per heavy atom. The van der Waals surface area contributed by atoms with Gasteiger partial charge in [0, 0.05) is 15.7 Å². The highest BCUT2D eigenvalue weighted by atomic mass is 79.9. The molecule has 1 saturated heterocycles. The molecule has 29 heavy (non-hydrogen) atoms. The van der Waals surface area contributed by atoms with Crippen LogP contribution in [0.5, 0.6) is 5.75 Å². The van der Waals surface area contributed by atoms with Crippen LogP contribution in [-0.4, -0.2) is 21.9 Å². The molecule has 1 aliphatic heterocycles. The second-order valence-electron chi connectivity index (χ2n) is 6.60. The Morgan fingerprint density at radius 1 is 0.862 bits per heavy atom. The average Bonchev–Trinajstić information content (AvgIpc) is 3.00. The number of carbonyl (C=O) groups excluding carboxylic acids is 2. The smallest absolute Gasteiger partial charge is 0.300 e. The number of hydrogen-bond acceptors (Lipinski definition) is 4. The molecular weight excluding hydrogens is 434 g/mol. The summed E-state index contributed by atoms with van der Waals surface area (Å²) in [4.78, 5) is 27.3. The first-order chi connectivity index (χ1) is 14.0. The van der Waals surface area contributed by atoms with Gasteiger partial charge in [-0.05, 0) is 42.0 Å². The molecule has 0 bridgehead atoms.